The first-order valence-corrected chi connectivity index (χ1v) is 7.22. The summed E-state index contributed by atoms with van der Waals surface area (Å²) in [6, 6.07) is 6.91. The first kappa shape index (κ1) is 13.5. The van der Waals surface area contributed by atoms with E-state index in [1.165, 1.54) is 11.6 Å². The third-order valence-corrected chi connectivity index (χ3v) is 3.76. The standard InChI is InChI=1S/C14H15ClFNS/c1-2-17-14(10-5-6-18-9-10)8-11-7-12(15)3-4-13(11)16/h3-7,9,14,17H,2,8H2,1H3. The molecule has 1 heterocycles. The highest BCUT2D eigenvalue weighted by Crippen LogP contribution is 2.24. The van der Waals surface area contributed by atoms with E-state index in [1.54, 1.807) is 23.5 Å². The maximum Gasteiger partial charge on any atom is 0.126 e. The quantitative estimate of drug-likeness (QED) is 0.856. The molecular formula is C14H15ClFNS. The third kappa shape index (κ3) is 3.31. The first-order chi connectivity index (χ1) is 8.70. The van der Waals surface area contributed by atoms with Crippen LogP contribution in [0, 0.1) is 5.82 Å². The van der Waals surface area contributed by atoms with Gasteiger partial charge in [0.05, 0.1) is 0 Å². The van der Waals surface area contributed by atoms with Crippen molar-refractivity contribution >= 4 is 22.9 Å². The lowest BCUT2D eigenvalue weighted by Gasteiger charge is -2.17. The van der Waals surface area contributed by atoms with E-state index in [0.717, 1.165) is 6.54 Å². The molecule has 18 heavy (non-hydrogen) atoms. The van der Waals surface area contributed by atoms with Crippen molar-refractivity contribution in [1.29, 1.82) is 0 Å². The number of hydrogen-bond acceptors (Lipinski definition) is 2. The van der Waals surface area contributed by atoms with E-state index in [2.05, 4.69) is 16.8 Å². The molecule has 96 valence electrons. The number of thiophene rings is 1. The van der Waals surface area contributed by atoms with Crippen molar-refractivity contribution in [3.8, 4) is 0 Å². The summed E-state index contributed by atoms with van der Waals surface area (Å²) in [6.07, 6.45) is 0.608. The highest BCUT2D eigenvalue weighted by molar-refractivity contribution is 7.07. The SMILES string of the molecule is CCNC(Cc1cc(Cl)ccc1F)c1ccsc1. The second kappa shape index (κ2) is 6.32. The molecule has 0 bridgehead atoms. The van der Waals surface area contributed by atoms with E-state index in [0.29, 0.717) is 17.0 Å². The molecule has 1 aromatic carbocycles. The van der Waals surface area contributed by atoms with Crippen LogP contribution in [0.5, 0.6) is 0 Å². The molecule has 0 amide bonds. The van der Waals surface area contributed by atoms with Gasteiger partial charge in [-0.05, 0) is 59.1 Å². The maximum absolute atomic E-state index is 13.7. The fourth-order valence-corrected chi connectivity index (χ4v) is 2.86. The molecule has 1 aromatic heterocycles. The summed E-state index contributed by atoms with van der Waals surface area (Å²) >= 11 is 7.57. The molecule has 1 N–H and O–H groups in total. The molecule has 4 heteroatoms. The lowest BCUT2D eigenvalue weighted by molar-refractivity contribution is 0.529. The molecule has 2 aromatic rings. The molecule has 0 aliphatic carbocycles. The number of hydrogen-bond donors (Lipinski definition) is 1. The summed E-state index contributed by atoms with van der Waals surface area (Å²) in [6.45, 7) is 2.90. The predicted octanol–water partition coefficient (Wildman–Crippen LogP) is 4.43. The van der Waals surface area contributed by atoms with Gasteiger partial charge >= 0.3 is 0 Å². The lowest BCUT2D eigenvalue weighted by atomic mass is 10.0. The third-order valence-electron chi connectivity index (χ3n) is 2.83. The van der Waals surface area contributed by atoms with Gasteiger partial charge in [-0.25, -0.2) is 4.39 Å². The zero-order chi connectivity index (χ0) is 13.0. The summed E-state index contributed by atoms with van der Waals surface area (Å²) in [5, 5.41) is 8.08. The molecule has 0 radical (unpaired) electrons. The minimum Gasteiger partial charge on any atom is -0.310 e. The molecule has 0 aliphatic rings. The number of likely N-dealkylation sites (N-methyl/N-ethyl adjacent to an activating group) is 1. The van der Waals surface area contributed by atoms with Crippen molar-refractivity contribution in [1.82, 2.24) is 5.32 Å². The smallest absolute Gasteiger partial charge is 0.126 e. The Morgan fingerprint density at radius 1 is 1.39 bits per heavy atom. The van der Waals surface area contributed by atoms with E-state index in [9.17, 15) is 4.39 Å². The molecule has 0 saturated carbocycles. The Hall–Kier alpha value is -0.900. The van der Waals surface area contributed by atoms with Gasteiger partial charge < -0.3 is 5.32 Å². The van der Waals surface area contributed by atoms with Gasteiger partial charge in [-0.3, -0.25) is 0 Å². The minimum absolute atomic E-state index is 0.134. The molecular weight excluding hydrogens is 269 g/mol. The zero-order valence-electron chi connectivity index (χ0n) is 10.1. The molecule has 2 rings (SSSR count). The van der Waals surface area contributed by atoms with E-state index in [-0.39, 0.29) is 11.9 Å². The van der Waals surface area contributed by atoms with Gasteiger partial charge in [0.2, 0.25) is 0 Å². The fraction of sp³-hybridized carbons (Fsp3) is 0.286. The second-order valence-corrected chi connectivity index (χ2v) is 5.32. The van der Waals surface area contributed by atoms with Crippen LogP contribution in [0.2, 0.25) is 5.02 Å². The number of benzene rings is 1. The van der Waals surface area contributed by atoms with Crippen LogP contribution in [0.4, 0.5) is 4.39 Å². The van der Waals surface area contributed by atoms with Gasteiger partial charge in [0.15, 0.2) is 0 Å². The van der Waals surface area contributed by atoms with Crippen LogP contribution >= 0.6 is 22.9 Å². The van der Waals surface area contributed by atoms with Crippen molar-refractivity contribution in [3.63, 3.8) is 0 Å². The fourth-order valence-electron chi connectivity index (χ4n) is 1.95. The van der Waals surface area contributed by atoms with Crippen LogP contribution in [-0.2, 0) is 6.42 Å². The molecule has 1 atom stereocenters. The topological polar surface area (TPSA) is 12.0 Å². The van der Waals surface area contributed by atoms with E-state index in [1.807, 2.05) is 12.3 Å². The minimum atomic E-state index is -0.197. The van der Waals surface area contributed by atoms with Crippen LogP contribution in [-0.4, -0.2) is 6.54 Å². The summed E-state index contributed by atoms with van der Waals surface area (Å²) < 4.78 is 13.7. The Labute approximate surface area is 116 Å². The van der Waals surface area contributed by atoms with E-state index < -0.39 is 0 Å². The van der Waals surface area contributed by atoms with Crippen LogP contribution < -0.4 is 5.32 Å². The number of halogens is 2. The van der Waals surface area contributed by atoms with E-state index >= 15 is 0 Å². The average Bonchev–Trinajstić information content (AvgIpc) is 2.87. The Morgan fingerprint density at radius 3 is 2.89 bits per heavy atom. The van der Waals surface area contributed by atoms with Gasteiger partial charge in [-0.1, -0.05) is 18.5 Å². The largest absolute Gasteiger partial charge is 0.310 e. The predicted molar refractivity (Wildman–Crippen MR) is 75.9 cm³/mol. The summed E-state index contributed by atoms with van der Waals surface area (Å²) in [5.74, 6) is -0.197. The normalized spacial score (nSPS) is 12.6. The Kier molecular flexibility index (Phi) is 4.75. The Balaban J connectivity index is 2.21. The Morgan fingerprint density at radius 2 is 2.22 bits per heavy atom. The van der Waals surface area contributed by atoms with Crippen molar-refractivity contribution in [2.24, 2.45) is 0 Å². The molecule has 0 spiro atoms. The number of rotatable bonds is 5. The summed E-state index contributed by atoms with van der Waals surface area (Å²) in [4.78, 5) is 0. The Bertz CT molecular complexity index is 499. The summed E-state index contributed by atoms with van der Waals surface area (Å²) in [7, 11) is 0. The molecule has 0 aliphatic heterocycles. The lowest BCUT2D eigenvalue weighted by Crippen LogP contribution is -2.22. The van der Waals surface area contributed by atoms with Gasteiger partial charge in [0.25, 0.3) is 0 Å². The highest BCUT2D eigenvalue weighted by Gasteiger charge is 2.14. The van der Waals surface area contributed by atoms with Crippen molar-refractivity contribution in [3.05, 3.63) is 57.0 Å². The second-order valence-electron chi connectivity index (χ2n) is 4.11. The molecule has 1 nitrogen and oxygen atoms in total. The molecule has 0 fully saturated rings. The van der Waals surface area contributed by atoms with Crippen molar-refractivity contribution in [2.45, 2.75) is 19.4 Å². The van der Waals surface area contributed by atoms with Crippen molar-refractivity contribution < 1.29 is 4.39 Å². The van der Waals surface area contributed by atoms with Crippen LogP contribution in [0.1, 0.15) is 24.1 Å². The zero-order valence-corrected chi connectivity index (χ0v) is 11.7. The van der Waals surface area contributed by atoms with Gasteiger partial charge in [0.1, 0.15) is 5.82 Å². The van der Waals surface area contributed by atoms with Gasteiger partial charge in [0, 0.05) is 11.1 Å². The van der Waals surface area contributed by atoms with Gasteiger partial charge in [-0.2, -0.15) is 11.3 Å². The number of nitrogens with one attached hydrogen (secondary N) is 1. The highest BCUT2D eigenvalue weighted by atomic mass is 35.5. The van der Waals surface area contributed by atoms with E-state index in [4.69, 9.17) is 11.6 Å². The molecule has 0 saturated heterocycles. The monoisotopic (exact) mass is 283 g/mol. The van der Waals surface area contributed by atoms with Crippen LogP contribution in [0.3, 0.4) is 0 Å². The first-order valence-electron chi connectivity index (χ1n) is 5.90. The summed E-state index contributed by atoms with van der Waals surface area (Å²) in [5.41, 5.74) is 1.85. The van der Waals surface area contributed by atoms with Crippen molar-refractivity contribution in [2.75, 3.05) is 6.54 Å². The van der Waals surface area contributed by atoms with Gasteiger partial charge in [-0.15, -0.1) is 0 Å². The molecule has 1 unspecified atom stereocenters. The van der Waals surface area contributed by atoms with Crippen LogP contribution in [0.25, 0.3) is 0 Å². The maximum atomic E-state index is 13.7. The van der Waals surface area contributed by atoms with Crippen LogP contribution in [0.15, 0.2) is 35.0 Å². The average molecular weight is 284 g/mol.